The number of aromatic carboxylic acids is 1. The lowest BCUT2D eigenvalue weighted by molar-refractivity contribution is 0.0698. The third kappa shape index (κ3) is 2.97. The average Bonchev–Trinajstić information content (AvgIpc) is 2.87. The zero-order chi connectivity index (χ0) is 14.7. The summed E-state index contributed by atoms with van der Waals surface area (Å²) in [5, 5.41) is 13.6. The molecule has 0 saturated heterocycles. The number of anilines is 2. The number of nitrogens with one attached hydrogen (secondary N) is 1. The molecule has 2 aromatic rings. The van der Waals surface area contributed by atoms with Crippen LogP contribution in [0.15, 0.2) is 35.7 Å². The molecule has 2 N–H and O–H groups in total. The van der Waals surface area contributed by atoms with E-state index in [1.807, 2.05) is 31.1 Å². The molecular weight excluding hydrogens is 276 g/mol. The van der Waals surface area contributed by atoms with Crippen molar-refractivity contribution in [2.75, 3.05) is 24.3 Å². The molecule has 1 aromatic carbocycles. The molecule has 0 aliphatic rings. The molecule has 1 amide bonds. The maximum Gasteiger partial charge on any atom is 0.338 e. The van der Waals surface area contributed by atoms with Gasteiger partial charge in [-0.15, -0.1) is 11.3 Å². The predicted octanol–water partition coefficient (Wildman–Crippen LogP) is 2.76. The van der Waals surface area contributed by atoms with Gasteiger partial charge in [0.15, 0.2) is 0 Å². The van der Waals surface area contributed by atoms with Gasteiger partial charge in [-0.05, 0) is 35.7 Å². The largest absolute Gasteiger partial charge is 0.478 e. The van der Waals surface area contributed by atoms with Crippen LogP contribution < -0.4 is 10.2 Å². The molecular formula is C14H14N2O3S. The van der Waals surface area contributed by atoms with Gasteiger partial charge in [-0.2, -0.15) is 0 Å². The van der Waals surface area contributed by atoms with Crippen LogP contribution in [0.1, 0.15) is 20.7 Å². The van der Waals surface area contributed by atoms with Crippen molar-refractivity contribution in [3.05, 3.63) is 46.8 Å². The molecule has 1 heterocycles. The van der Waals surface area contributed by atoms with Crippen molar-refractivity contribution in [3.8, 4) is 0 Å². The number of carboxylic acids is 1. The van der Waals surface area contributed by atoms with Crippen molar-refractivity contribution >= 4 is 33.9 Å². The molecule has 0 fully saturated rings. The van der Waals surface area contributed by atoms with Crippen molar-refractivity contribution in [2.24, 2.45) is 0 Å². The van der Waals surface area contributed by atoms with Crippen LogP contribution in [-0.2, 0) is 0 Å². The minimum atomic E-state index is -1.05. The SMILES string of the molecule is CN(C)c1ccc(C(=O)Nc2sccc2C(=O)O)cc1. The Morgan fingerprint density at radius 3 is 2.35 bits per heavy atom. The Labute approximate surface area is 120 Å². The van der Waals surface area contributed by atoms with Gasteiger partial charge in [-0.3, -0.25) is 4.79 Å². The van der Waals surface area contributed by atoms with Crippen molar-refractivity contribution in [1.29, 1.82) is 0 Å². The maximum atomic E-state index is 12.1. The van der Waals surface area contributed by atoms with E-state index < -0.39 is 5.97 Å². The number of amides is 1. The molecule has 1 aromatic heterocycles. The molecule has 0 spiro atoms. The van der Waals surface area contributed by atoms with Crippen LogP contribution in [-0.4, -0.2) is 31.1 Å². The Bertz CT molecular complexity index is 632. The summed E-state index contributed by atoms with van der Waals surface area (Å²) in [6, 6.07) is 8.55. The maximum absolute atomic E-state index is 12.1. The van der Waals surface area contributed by atoms with Gasteiger partial charge >= 0.3 is 5.97 Å². The quantitative estimate of drug-likeness (QED) is 0.908. The number of hydrogen-bond acceptors (Lipinski definition) is 4. The van der Waals surface area contributed by atoms with Crippen molar-refractivity contribution in [2.45, 2.75) is 0 Å². The second-order valence-electron chi connectivity index (χ2n) is 4.36. The van der Waals surface area contributed by atoms with Gasteiger partial charge < -0.3 is 15.3 Å². The topological polar surface area (TPSA) is 69.6 Å². The molecule has 6 heteroatoms. The molecule has 0 saturated carbocycles. The number of thiophene rings is 1. The number of carboxylic acid groups (broad SMARTS) is 1. The van der Waals surface area contributed by atoms with Crippen LogP contribution >= 0.6 is 11.3 Å². The van der Waals surface area contributed by atoms with Gasteiger partial charge in [0.05, 0.1) is 5.56 Å². The van der Waals surface area contributed by atoms with E-state index in [1.54, 1.807) is 17.5 Å². The molecule has 104 valence electrons. The monoisotopic (exact) mass is 290 g/mol. The van der Waals surface area contributed by atoms with Crippen molar-refractivity contribution in [1.82, 2.24) is 0 Å². The Hall–Kier alpha value is -2.34. The van der Waals surface area contributed by atoms with Crippen LogP contribution in [0.4, 0.5) is 10.7 Å². The Balaban J connectivity index is 2.15. The van der Waals surface area contributed by atoms with E-state index in [4.69, 9.17) is 5.11 Å². The van der Waals surface area contributed by atoms with E-state index in [1.165, 1.54) is 17.4 Å². The third-order valence-electron chi connectivity index (χ3n) is 2.77. The molecule has 0 unspecified atom stereocenters. The Kier molecular flexibility index (Phi) is 4.05. The first-order chi connectivity index (χ1) is 9.49. The second-order valence-corrected chi connectivity index (χ2v) is 5.28. The van der Waals surface area contributed by atoms with Gasteiger partial charge in [-0.25, -0.2) is 4.79 Å². The molecule has 0 atom stereocenters. The van der Waals surface area contributed by atoms with E-state index in [0.717, 1.165) is 5.69 Å². The third-order valence-corrected chi connectivity index (χ3v) is 3.60. The molecule has 0 aliphatic carbocycles. The first-order valence-electron chi connectivity index (χ1n) is 5.88. The highest BCUT2D eigenvalue weighted by molar-refractivity contribution is 7.14. The summed E-state index contributed by atoms with van der Waals surface area (Å²) < 4.78 is 0. The number of carbonyl (C=O) groups is 2. The van der Waals surface area contributed by atoms with E-state index in [2.05, 4.69) is 5.32 Å². The molecule has 5 nitrogen and oxygen atoms in total. The van der Waals surface area contributed by atoms with Crippen molar-refractivity contribution < 1.29 is 14.7 Å². The average molecular weight is 290 g/mol. The van der Waals surface area contributed by atoms with E-state index in [0.29, 0.717) is 10.6 Å². The number of benzene rings is 1. The minimum Gasteiger partial charge on any atom is -0.478 e. The summed E-state index contributed by atoms with van der Waals surface area (Å²) in [6.07, 6.45) is 0. The van der Waals surface area contributed by atoms with Gasteiger partial charge in [0.25, 0.3) is 5.91 Å². The Morgan fingerprint density at radius 2 is 1.80 bits per heavy atom. The fourth-order valence-corrected chi connectivity index (χ4v) is 2.43. The van der Waals surface area contributed by atoms with E-state index >= 15 is 0 Å². The lowest BCUT2D eigenvalue weighted by Gasteiger charge is -2.12. The summed E-state index contributed by atoms with van der Waals surface area (Å²) in [4.78, 5) is 25.0. The summed E-state index contributed by atoms with van der Waals surface area (Å²) in [6.45, 7) is 0. The number of nitrogens with zero attached hydrogens (tertiary/aromatic N) is 1. The summed E-state index contributed by atoms with van der Waals surface area (Å²) >= 11 is 1.19. The predicted molar refractivity (Wildman–Crippen MR) is 80.0 cm³/mol. The summed E-state index contributed by atoms with van der Waals surface area (Å²) in [5.41, 5.74) is 1.58. The highest BCUT2D eigenvalue weighted by Crippen LogP contribution is 2.24. The van der Waals surface area contributed by atoms with Gasteiger partial charge in [0.2, 0.25) is 0 Å². The lowest BCUT2D eigenvalue weighted by Crippen LogP contribution is -2.14. The number of hydrogen-bond donors (Lipinski definition) is 2. The van der Waals surface area contributed by atoms with Gasteiger partial charge in [0.1, 0.15) is 5.00 Å². The highest BCUT2D eigenvalue weighted by Gasteiger charge is 2.14. The van der Waals surface area contributed by atoms with Crippen LogP contribution in [0.25, 0.3) is 0 Å². The van der Waals surface area contributed by atoms with E-state index in [9.17, 15) is 9.59 Å². The summed E-state index contributed by atoms with van der Waals surface area (Å²) in [5.74, 6) is -1.37. The molecule has 20 heavy (non-hydrogen) atoms. The fourth-order valence-electron chi connectivity index (χ4n) is 1.66. The van der Waals surface area contributed by atoms with Crippen LogP contribution in [0, 0.1) is 0 Å². The molecule has 0 bridgehead atoms. The lowest BCUT2D eigenvalue weighted by atomic mass is 10.2. The molecule has 2 rings (SSSR count). The van der Waals surface area contributed by atoms with Crippen LogP contribution in [0.5, 0.6) is 0 Å². The zero-order valence-electron chi connectivity index (χ0n) is 11.1. The van der Waals surface area contributed by atoms with E-state index in [-0.39, 0.29) is 11.5 Å². The molecule has 0 aliphatic heterocycles. The first kappa shape index (κ1) is 14.1. The van der Waals surface area contributed by atoms with Crippen LogP contribution in [0.3, 0.4) is 0 Å². The van der Waals surface area contributed by atoms with Gasteiger partial charge in [0, 0.05) is 25.3 Å². The second kappa shape index (κ2) is 5.75. The van der Waals surface area contributed by atoms with Crippen molar-refractivity contribution in [3.63, 3.8) is 0 Å². The minimum absolute atomic E-state index is 0.105. The van der Waals surface area contributed by atoms with Gasteiger partial charge in [-0.1, -0.05) is 0 Å². The zero-order valence-corrected chi connectivity index (χ0v) is 11.9. The Morgan fingerprint density at radius 1 is 1.15 bits per heavy atom. The number of rotatable bonds is 4. The standard InChI is InChI=1S/C14H14N2O3S/c1-16(2)10-5-3-9(4-6-10)12(17)15-13-11(14(18)19)7-8-20-13/h3-8H,1-2H3,(H,15,17)(H,18,19). The smallest absolute Gasteiger partial charge is 0.338 e. The first-order valence-corrected chi connectivity index (χ1v) is 6.76. The molecule has 0 radical (unpaired) electrons. The summed E-state index contributed by atoms with van der Waals surface area (Å²) in [7, 11) is 3.83. The fraction of sp³-hybridized carbons (Fsp3) is 0.143. The number of carbonyl (C=O) groups excluding carboxylic acids is 1. The highest BCUT2D eigenvalue weighted by atomic mass is 32.1. The normalized spacial score (nSPS) is 10.1. The van der Waals surface area contributed by atoms with Crippen LogP contribution in [0.2, 0.25) is 0 Å².